The lowest BCUT2D eigenvalue weighted by Gasteiger charge is -2.09. The lowest BCUT2D eigenvalue weighted by molar-refractivity contribution is 0.0526. The van der Waals surface area contributed by atoms with Crippen LogP contribution in [0, 0.1) is 6.92 Å². The molecule has 0 radical (unpaired) electrons. The first-order valence-corrected chi connectivity index (χ1v) is 7.02. The van der Waals surface area contributed by atoms with Crippen LogP contribution in [-0.4, -0.2) is 24.3 Å². The number of rotatable bonds is 4. The first-order chi connectivity index (χ1) is 9.65. The van der Waals surface area contributed by atoms with Crippen LogP contribution in [0.2, 0.25) is 0 Å². The molecule has 0 amide bonds. The highest BCUT2D eigenvalue weighted by atomic mass is 16.5. The molecule has 0 aliphatic heterocycles. The van der Waals surface area contributed by atoms with Crippen molar-refractivity contribution in [2.45, 2.75) is 32.7 Å². The Morgan fingerprint density at radius 1 is 1.40 bits per heavy atom. The Kier molecular flexibility index (Phi) is 3.16. The van der Waals surface area contributed by atoms with E-state index in [9.17, 15) is 4.79 Å². The zero-order valence-electron chi connectivity index (χ0n) is 12.1. The number of hydrogen-bond acceptors (Lipinski definition) is 3. The highest BCUT2D eigenvalue weighted by Crippen LogP contribution is 2.41. The average Bonchev–Trinajstić information content (AvgIpc) is 3.23. The number of ether oxygens (including phenoxy) is 2. The van der Waals surface area contributed by atoms with Crippen molar-refractivity contribution in [1.82, 2.24) is 4.57 Å². The van der Waals surface area contributed by atoms with Gasteiger partial charge in [-0.3, -0.25) is 0 Å². The molecule has 106 valence electrons. The van der Waals surface area contributed by atoms with Crippen LogP contribution in [0.25, 0.3) is 10.9 Å². The Morgan fingerprint density at radius 3 is 2.75 bits per heavy atom. The van der Waals surface area contributed by atoms with Gasteiger partial charge in [-0.15, -0.1) is 0 Å². The largest absolute Gasteiger partial charge is 0.496 e. The summed E-state index contributed by atoms with van der Waals surface area (Å²) in [6, 6.07) is 4.25. The lowest BCUT2D eigenvalue weighted by atomic mass is 10.1. The molecule has 0 atom stereocenters. The van der Waals surface area contributed by atoms with Gasteiger partial charge in [0.25, 0.3) is 0 Å². The van der Waals surface area contributed by atoms with Crippen molar-refractivity contribution in [2.75, 3.05) is 13.7 Å². The molecule has 1 aromatic carbocycles. The van der Waals surface area contributed by atoms with Crippen LogP contribution in [0.1, 0.15) is 41.7 Å². The molecule has 1 aromatic heterocycles. The van der Waals surface area contributed by atoms with Crippen LogP contribution < -0.4 is 4.74 Å². The number of benzene rings is 1. The van der Waals surface area contributed by atoms with Gasteiger partial charge in [-0.1, -0.05) is 0 Å². The molecule has 1 saturated carbocycles. The van der Waals surface area contributed by atoms with Crippen LogP contribution in [0.3, 0.4) is 0 Å². The zero-order valence-corrected chi connectivity index (χ0v) is 12.1. The van der Waals surface area contributed by atoms with Gasteiger partial charge in [-0.05, 0) is 44.4 Å². The Labute approximate surface area is 118 Å². The van der Waals surface area contributed by atoms with E-state index in [1.165, 1.54) is 18.4 Å². The van der Waals surface area contributed by atoms with Gasteiger partial charge in [0.2, 0.25) is 0 Å². The molecule has 1 fully saturated rings. The number of methoxy groups -OCH3 is 1. The highest BCUT2D eigenvalue weighted by molar-refractivity contribution is 5.99. The molecule has 4 heteroatoms. The van der Waals surface area contributed by atoms with Gasteiger partial charge >= 0.3 is 5.97 Å². The third-order valence-electron chi connectivity index (χ3n) is 3.76. The monoisotopic (exact) mass is 273 g/mol. The van der Waals surface area contributed by atoms with E-state index in [1.54, 1.807) is 13.2 Å². The molecule has 20 heavy (non-hydrogen) atoms. The predicted octanol–water partition coefficient (Wildman–Crippen LogP) is 3.47. The summed E-state index contributed by atoms with van der Waals surface area (Å²) >= 11 is 0. The number of carbonyl (C=O) groups is 1. The number of carbonyl (C=O) groups excluding carboxylic acids is 1. The smallest absolute Gasteiger partial charge is 0.338 e. The van der Waals surface area contributed by atoms with Gasteiger partial charge in [0.05, 0.1) is 24.8 Å². The maximum absolute atomic E-state index is 12.0. The van der Waals surface area contributed by atoms with E-state index in [4.69, 9.17) is 9.47 Å². The molecule has 0 unspecified atom stereocenters. The number of aryl methyl sites for hydroxylation is 1. The number of hydrogen-bond donors (Lipinski definition) is 0. The molecule has 0 saturated heterocycles. The normalized spacial score (nSPS) is 14.6. The number of nitrogens with zero attached hydrogens (tertiary/aromatic N) is 1. The number of fused-ring (bicyclic) bond motifs is 1. The molecular formula is C16H19NO3. The van der Waals surface area contributed by atoms with Crippen LogP contribution in [0.4, 0.5) is 0 Å². The Hall–Kier alpha value is -1.97. The van der Waals surface area contributed by atoms with Gasteiger partial charge < -0.3 is 14.0 Å². The Bertz CT molecular complexity index is 668. The van der Waals surface area contributed by atoms with Gasteiger partial charge in [0.15, 0.2) is 0 Å². The molecule has 0 bridgehead atoms. The van der Waals surface area contributed by atoms with E-state index in [2.05, 4.69) is 17.7 Å². The van der Waals surface area contributed by atoms with Crippen LogP contribution in [-0.2, 0) is 4.74 Å². The zero-order chi connectivity index (χ0) is 14.3. The second-order valence-electron chi connectivity index (χ2n) is 5.24. The van der Waals surface area contributed by atoms with Crippen LogP contribution >= 0.6 is 0 Å². The second kappa shape index (κ2) is 4.85. The minimum atomic E-state index is -0.297. The number of aromatic nitrogens is 1. The average molecular weight is 273 g/mol. The molecule has 4 nitrogen and oxygen atoms in total. The summed E-state index contributed by atoms with van der Waals surface area (Å²) in [7, 11) is 1.64. The van der Waals surface area contributed by atoms with E-state index in [1.807, 2.05) is 13.0 Å². The summed E-state index contributed by atoms with van der Waals surface area (Å²) in [5.74, 6) is 0.441. The van der Waals surface area contributed by atoms with Gasteiger partial charge in [-0.25, -0.2) is 4.79 Å². The maximum Gasteiger partial charge on any atom is 0.338 e. The van der Waals surface area contributed by atoms with Gasteiger partial charge in [0.1, 0.15) is 5.75 Å². The summed E-state index contributed by atoms with van der Waals surface area (Å²) in [5, 5.41) is 1.09. The van der Waals surface area contributed by atoms with Crippen molar-refractivity contribution in [3.8, 4) is 5.75 Å². The standard InChI is InChI=1S/C16H19NO3/c1-4-20-16(18)11-7-13-15(14(8-11)19-3)10(2)9-17(13)12-5-6-12/h7-9,12H,4-6H2,1-3H3. The molecule has 1 heterocycles. The van der Waals surface area contributed by atoms with E-state index in [0.717, 1.165) is 16.7 Å². The van der Waals surface area contributed by atoms with E-state index < -0.39 is 0 Å². The van der Waals surface area contributed by atoms with Gasteiger partial charge in [-0.2, -0.15) is 0 Å². The minimum absolute atomic E-state index is 0.297. The predicted molar refractivity (Wildman–Crippen MR) is 77.5 cm³/mol. The molecule has 3 rings (SSSR count). The molecule has 0 N–H and O–H groups in total. The molecule has 0 spiro atoms. The SMILES string of the molecule is CCOC(=O)c1cc(OC)c2c(C)cn(C3CC3)c2c1. The van der Waals surface area contributed by atoms with Crippen molar-refractivity contribution in [1.29, 1.82) is 0 Å². The fraction of sp³-hybridized carbons (Fsp3) is 0.438. The molecule has 2 aromatic rings. The lowest BCUT2D eigenvalue weighted by Crippen LogP contribution is -2.05. The fourth-order valence-corrected chi connectivity index (χ4v) is 2.69. The summed E-state index contributed by atoms with van der Waals surface area (Å²) in [5.41, 5.74) is 2.79. The molecule has 1 aliphatic carbocycles. The summed E-state index contributed by atoms with van der Waals surface area (Å²) in [6.07, 6.45) is 4.56. The van der Waals surface area contributed by atoms with Crippen molar-refractivity contribution < 1.29 is 14.3 Å². The fourth-order valence-electron chi connectivity index (χ4n) is 2.69. The third-order valence-corrected chi connectivity index (χ3v) is 3.76. The quantitative estimate of drug-likeness (QED) is 0.801. The van der Waals surface area contributed by atoms with Crippen molar-refractivity contribution in [3.63, 3.8) is 0 Å². The van der Waals surface area contributed by atoms with E-state index in [0.29, 0.717) is 18.2 Å². The first-order valence-electron chi connectivity index (χ1n) is 7.02. The van der Waals surface area contributed by atoms with E-state index >= 15 is 0 Å². The summed E-state index contributed by atoms with van der Waals surface area (Å²) < 4.78 is 12.8. The summed E-state index contributed by atoms with van der Waals surface area (Å²) in [6.45, 7) is 4.26. The van der Waals surface area contributed by atoms with Crippen LogP contribution in [0.5, 0.6) is 5.75 Å². The summed E-state index contributed by atoms with van der Waals surface area (Å²) in [4.78, 5) is 12.0. The van der Waals surface area contributed by atoms with Crippen molar-refractivity contribution >= 4 is 16.9 Å². The van der Waals surface area contributed by atoms with Crippen LogP contribution in [0.15, 0.2) is 18.3 Å². The highest BCUT2D eigenvalue weighted by Gasteiger charge is 2.27. The van der Waals surface area contributed by atoms with Crippen molar-refractivity contribution in [3.05, 3.63) is 29.5 Å². The maximum atomic E-state index is 12.0. The first kappa shape index (κ1) is 13.0. The molecule has 1 aliphatic rings. The van der Waals surface area contributed by atoms with Crippen molar-refractivity contribution in [2.24, 2.45) is 0 Å². The topological polar surface area (TPSA) is 40.5 Å². The number of esters is 1. The Balaban J connectivity index is 2.19. The second-order valence-corrected chi connectivity index (χ2v) is 5.24. The Morgan fingerprint density at radius 2 is 2.15 bits per heavy atom. The van der Waals surface area contributed by atoms with Gasteiger partial charge in [0, 0.05) is 17.6 Å². The van der Waals surface area contributed by atoms with E-state index in [-0.39, 0.29) is 5.97 Å². The third kappa shape index (κ3) is 2.05. The minimum Gasteiger partial charge on any atom is -0.496 e. The molecular weight excluding hydrogens is 254 g/mol.